The van der Waals surface area contributed by atoms with Crippen LogP contribution in [0.15, 0.2) is 91.1 Å². The number of benzene rings is 3. The van der Waals surface area contributed by atoms with Crippen molar-refractivity contribution in [2.45, 2.75) is 0 Å². The van der Waals surface area contributed by atoms with Crippen molar-refractivity contribution < 1.29 is 4.39 Å². The number of H-pyrrole nitrogens is 2. The Labute approximate surface area is 177 Å². The largest absolute Gasteiger partial charge is 0.353 e. The minimum Gasteiger partial charge on any atom is -0.353 e. The number of hydrogen-bond donors (Lipinski definition) is 2. The Morgan fingerprint density at radius 3 is 2.45 bits per heavy atom. The fourth-order valence-corrected chi connectivity index (χ4v) is 4.11. The minimum absolute atomic E-state index is 0.233. The number of rotatable bonds is 3. The van der Waals surface area contributed by atoms with Gasteiger partial charge in [-0.05, 0) is 48.0 Å². The van der Waals surface area contributed by atoms with Crippen LogP contribution in [0.2, 0.25) is 0 Å². The van der Waals surface area contributed by atoms with Crippen LogP contribution >= 0.6 is 0 Å². The van der Waals surface area contributed by atoms with Gasteiger partial charge in [0.2, 0.25) is 0 Å². The summed E-state index contributed by atoms with van der Waals surface area (Å²) >= 11 is 0. The SMILES string of the molecule is Fc1ccccc1-c1cccc2[nH]c(-c3n[nH]c4ccc(-c5ccccn5)cc34)cc12. The quantitative estimate of drug-likeness (QED) is 0.350. The summed E-state index contributed by atoms with van der Waals surface area (Å²) in [5, 5.41) is 9.64. The lowest BCUT2D eigenvalue weighted by Gasteiger charge is -2.04. The molecule has 0 saturated carbocycles. The van der Waals surface area contributed by atoms with Gasteiger partial charge in [0.25, 0.3) is 0 Å². The van der Waals surface area contributed by atoms with Crippen LogP contribution in [-0.2, 0) is 0 Å². The van der Waals surface area contributed by atoms with Crippen molar-refractivity contribution in [2.24, 2.45) is 0 Å². The van der Waals surface area contributed by atoms with E-state index in [0.717, 1.165) is 50.0 Å². The maximum absolute atomic E-state index is 14.5. The van der Waals surface area contributed by atoms with Crippen LogP contribution in [0.25, 0.3) is 55.6 Å². The monoisotopic (exact) mass is 404 g/mol. The summed E-state index contributed by atoms with van der Waals surface area (Å²) in [6, 6.07) is 26.8. The molecule has 0 saturated heterocycles. The highest BCUT2D eigenvalue weighted by molar-refractivity contribution is 6.01. The van der Waals surface area contributed by atoms with Crippen LogP contribution in [0.3, 0.4) is 0 Å². The summed E-state index contributed by atoms with van der Waals surface area (Å²) in [5.74, 6) is -0.233. The van der Waals surface area contributed by atoms with E-state index in [2.05, 4.69) is 26.2 Å². The van der Waals surface area contributed by atoms with Gasteiger partial charge in [0, 0.05) is 33.6 Å². The molecule has 0 aliphatic carbocycles. The highest BCUT2D eigenvalue weighted by atomic mass is 19.1. The van der Waals surface area contributed by atoms with Crippen LogP contribution in [0.5, 0.6) is 0 Å². The topological polar surface area (TPSA) is 57.4 Å². The molecule has 31 heavy (non-hydrogen) atoms. The summed E-state index contributed by atoms with van der Waals surface area (Å²) in [4.78, 5) is 7.92. The Hall–Kier alpha value is -4.25. The highest BCUT2D eigenvalue weighted by Crippen LogP contribution is 2.35. The first kappa shape index (κ1) is 17.6. The zero-order valence-corrected chi connectivity index (χ0v) is 16.4. The molecule has 4 nitrogen and oxygen atoms in total. The standard InChI is InChI=1S/C26H17FN4/c27-21-8-2-1-6-18(21)17-7-5-10-23-19(17)15-25(29-23)26-20-14-16(11-12-24(20)30-31-26)22-9-3-4-13-28-22/h1-15,29H,(H,30,31). The Morgan fingerprint density at radius 1 is 0.710 bits per heavy atom. The molecule has 0 atom stereocenters. The lowest BCUT2D eigenvalue weighted by Crippen LogP contribution is -1.83. The summed E-state index contributed by atoms with van der Waals surface area (Å²) in [5.41, 5.74) is 6.96. The van der Waals surface area contributed by atoms with E-state index in [-0.39, 0.29) is 5.82 Å². The van der Waals surface area contributed by atoms with Crippen LogP contribution in [0.4, 0.5) is 4.39 Å². The number of halogens is 1. The first-order valence-corrected chi connectivity index (χ1v) is 10.0. The highest BCUT2D eigenvalue weighted by Gasteiger charge is 2.15. The van der Waals surface area contributed by atoms with Gasteiger partial charge in [-0.15, -0.1) is 0 Å². The molecule has 5 heteroatoms. The summed E-state index contributed by atoms with van der Waals surface area (Å²) in [6.07, 6.45) is 1.79. The third-order valence-corrected chi connectivity index (χ3v) is 5.61. The number of fused-ring (bicyclic) bond motifs is 2. The zero-order chi connectivity index (χ0) is 20.8. The maximum Gasteiger partial charge on any atom is 0.131 e. The van der Waals surface area contributed by atoms with Crippen LogP contribution in [0, 0.1) is 5.82 Å². The van der Waals surface area contributed by atoms with Gasteiger partial charge in [-0.25, -0.2) is 4.39 Å². The van der Waals surface area contributed by atoms with E-state index < -0.39 is 0 Å². The zero-order valence-electron chi connectivity index (χ0n) is 16.4. The molecule has 6 rings (SSSR count). The van der Waals surface area contributed by atoms with Gasteiger partial charge >= 0.3 is 0 Å². The van der Waals surface area contributed by atoms with E-state index in [1.54, 1.807) is 18.3 Å². The average Bonchev–Trinajstić information content (AvgIpc) is 3.43. The van der Waals surface area contributed by atoms with Crippen molar-refractivity contribution in [3.05, 3.63) is 96.9 Å². The molecule has 0 unspecified atom stereocenters. The Kier molecular flexibility index (Phi) is 3.93. The van der Waals surface area contributed by atoms with Gasteiger partial charge in [-0.2, -0.15) is 5.10 Å². The van der Waals surface area contributed by atoms with Gasteiger partial charge in [0.15, 0.2) is 0 Å². The lowest BCUT2D eigenvalue weighted by molar-refractivity contribution is 0.631. The number of hydrogen-bond acceptors (Lipinski definition) is 2. The number of nitrogens with one attached hydrogen (secondary N) is 2. The first-order chi connectivity index (χ1) is 15.3. The van der Waals surface area contributed by atoms with Gasteiger partial charge < -0.3 is 4.98 Å². The van der Waals surface area contributed by atoms with Gasteiger partial charge in [0.05, 0.1) is 16.9 Å². The molecular weight excluding hydrogens is 387 g/mol. The van der Waals surface area contributed by atoms with Crippen molar-refractivity contribution in [3.8, 4) is 33.8 Å². The Balaban J connectivity index is 1.53. The average molecular weight is 404 g/mol. The molecule has 0 bridgehead atoms. The molecule has 0 amide bonds. The second-order valence-electron chi connectivity index (χ2n) is 7.48. The van der Waals surface area contributed by atoms with Crippen LogP contribution in [-0.4, -0.2) is 20.2 Å². The summed E-state index contributed by atoms with van der Waals surface area (Å²) < 4.78 is 14.5. The smallest absolute Gasteiger partial charge is 0.131 e. The normalized spacial score (nSPS) is 11.4. The van der Waals surface area contributed by atoms with E-state index in [1.165, 1.54) is 6.07 Å². The maximum atomic E-state index is 14.5. The Morgan fingerprint density at radius 2 is 1.58 bits per heavy atom. The molecule has 6 aromatic rings. The summed E-state index contributed by atoms with van der Waals surface area (Å²) in [7, 11) is 0. The van der Waals surface area contributed by atoms with E-state index in [4.69, 9.17) is 0 Å². The molecule has 0 aliphatic heterocycles. The fraction of sp³-hybridized carbons (Fsp3) is 0. The third kappa shape index (κ3) is 2.90. The van der Waals surface area contributed by atoms with Crippen molar-refractivity contribution in [2.75, 3.05) is 0 Å². The molecule has 2 N–H and O–H groups in total. The minimum atomic E-state index is -0.233. The van der Waals surface area contributed by atoms with Crippen molar-refractivity contribution in [1.29, 1.82) is 0 Å². The molecule has 0 fully saturated rings. The number of pyridine rings is 1. The molecule has 0 aliphatic rings. The molecule has 3 aromatic heterocycles. The molecule has 0 radical (unpaired) electrons. The van der Waals surface area contributed by atoms with Crippen LogP contribution < -0.4 is 0 Å². The third-order valence-electron chi connectivity index (χ3n) is 5.61. The fourth-order valence-electron chi connectivity index (χ4n) is 4.11. The van der Waals surface area contributed by atoms with Crippen LogP contribution in [0.1, 0.15) is 0 Å². The van der Waals surface area contributed by atoms with E-state index in [9.17, 15) is 4.39 Å². The molecule has 0 spiro atoms. The van der Waals surface area contributed by atoms with Crippen molar-refractivity contribution in [1.82, 2.24) is 20.2 Å². The van der Waals surface area contributed by atoms with E-state index >= 15 is 0 Å². The first-order valence-electron chi connectivity index (χ1n) is 10.0. The second-order valence-corrected chi connectivity index (χ2v) is 7.48. The molecule has 148 valence electrons. The molecular formula is C26H17FN4. The van der Waals surface area contributed by atoms with Crippen molar-refractivity contribution in [3.63, 3.8) is 0 Å². The van der Waals surface area contributed by atoms with Gasteiger partial charge in [-0.3, -0.25) is 10.1 Å². The van der Waals surface area contributed by atoms with E-state index in [0.29, 0.717) is 5.56 Å². The lowest BCUT2D eigenvalue weighted by atomic mass is 10.0. The molecule has 3 heterocycles. The number of aromatic amines is 2. The van der Waals surface area contributed by atoms with E-state index in [1.807, 2.05) is 60.7 Å². The number of nitrogens with zero attached hydrogens (tertiary/aromatic N) is 2. The number of aromatic nitrogens is 4. The molecule has 3 aromatic carbocycles. The van der Waals surface area contributed by atoms with Gasteiger partial charge in [-0.1, -0.05) is 42.5 Å². The second kappa shape index (κ2) is 6.92. The Bertz CT molecular complexity index is 1550. The summed E-state index contributed by atoms with van der Waals surface area (Å²) in [6.45, 7) is 0. The van der Waals surface area contributed by atoms with Crippen molar-refractivity contribution >= 4 is 21.8 Å². The predicted molar refractivity (Wildman–Crippen MR) is 122 cm³/mol. The van der Waals surface area contributed by atoms with Gasteiger partial charge in [0.1, 0.15) is 11.5 Å². The predicted octanol–water partition coefficient (Wildman–Crippen LogP) is 6.58.